The average molecular weight is 174 g/mol. The van der Waals surface area contributed by atoms with Gasteiger partial charge in [0.1, 0.15) is 5.65 Å². The summed E-state index contributed by atoms with van der Waals surface area (Å²) in [5.74, 6) is 0. The van der Waals surface area contributed by atoms with E-state index in [1.54, 1.807) is 12.4 Å². The molecule has 0 aliphatic heterocycles. The zero-order chi connectivity index (χ0) is 9.26. The number of H-pyrrole nitrogens is 1. The number of aldehydes is 1. The predicted octanol–water partition coefficient (Wildman–Crippen LogP) is 1.94. The maximum absolute atomic E-state index is 10.7. The molecule has 0 aliphatic carbocycles. The van der Waals surface area contributed by atoms with Gasteiger partial charge in [-0.3, -0.25) is 4.79 Å². The summed E-state index contributed by atoms with van der Waals surface area (Å²) in [5, 5.41) is 0.958. The number of hydrogen-bond acceptors (Lipinski definition) is 2. The molecule has 0 atom stereocenters. The molecule has 2 heterocycles. The minimum atomic E-state index is 0.694. The zero-order valence-corrected chi connectivity index (χ0v) is 7.37. The SMILES string of the molecule is CCc1ccnc2[nH]cc(C=O)c12. The summed E-state index contributed by atoms with van der Waals surface area (Å²) < 4.78 is 0. The van der Waals surface area contributed by atoms with Gasteiger partial charge in [0.05, 0.1) is 0 Å². The fourth-order valence-electron chi connectivity index (χ4n) is 1.54. The topological polar surface area (TPSA) is 45.8 Å². The van der Waals surface area contributed by atoms with E-state index in [0.29, 0.717) is 5.56 Å². The van der Waals surface area contributed by atoms with Crippen LogP contribution in [0.15, 0.2) is 18.5 Å². The van der Waals surface area contributed by atoms with Crippen LogP contribution in [-0.4, -0.2) is 16.3 Å². The summed E-state index contributed by atoms with van der Waals surface area (Å²) in [6.07, 6.45) is 5.23. The van der Waals surface area contributed by atoms with Gasteiger partial charge < -0.3 is 4.98 Å². The van der Waals surface area contributed by atoms with Gasteiger partial charge >= 0.3 is 0 Å². The average Bonchev–Trinajstić information content (AvgIpc) is 2.60. The maximum Gasteiger partial charge on any atom is 0.152 e. The quantitative estimate of drug-likeness (QED) is 0.707. The zero-order valence-electron chi connectivity index (χ0n) is 7.37. The Bertz CT molecular complexity index is 445. The van der Waals surface area contributed by atoms with Crippen molar-refractivity contribution in [3.8, 4) is 0 Å². The molecule has 0 aromatic carbocycles. The van der Waals surface area contributed by atoms with E-state index in [1.165, 1.54) is 0 Å². The van der Waals surface area contributed by atoms with Crippen molar-refractivity contribution >= 4 is 17.3 Å². The van der Waals surface area contributed by atoms with Gasteiger partial charge in [-0.1, -0.05) is 6.92 Å². The Balaban J connectivity index is 2.83. The summed E-state index contributed by atoms with van der Waals surface area (Å²) in [7, 11) is 0. The smallest absolute Gasteiger partial charge is 0.152 e. The van der Waals surface area contributed by atoms with Crippen LogP contribution < -0.4 is 0 Å². The number of fused-ring (bicyclic) bond motifs is 1. The predicted molar refractivity (Wildman–Crippen MR) is 50.9 cm³/mol. The number of carbonyl (C=O) groups is 1. The Morgan fingerprint density at radius 1 is 1.62 bits per heavy atom. The van der Waals surface area contributed by atoms with Crippen LogP contribution in [0.25, 0.3) is 11.0 Å². The third kappa shape index (κ3) is 1.13. The highest BCUT2D eigenvalue weighted by atomic mass is 16.1. The van der Waals surface area contributed by atoms with Crippen LogP contribution in [0.3, 0.4) is 0 Å². The Kier molecular flexibility index (Phi) is 1.85. The number of pyridine rings is 1. The van der Waals surface area contributed by atoms with Crippen molar-refractivity contribution in [3.63, 3.8) is 0 Å². The van der Waals surface area contributed by atoms with Crippen LogP contribution in [0.1, 0.15) is 22.8 Å². The molecule has 66 valence electrons. The summed E-state index contributed by atoms with van der Waals surface area (Å²) >= 11 is 0. The number of aryl methyl sites for hydroxylation is 1. The van der Waals surface area contributed by atoms with E-state index in [4.69, 9.17) is 0 Å². The number of rotatable bonds is 2. The molecule has 2 aromatic heterocycles. The van der Waals surface area contributed by atoms with E-state index in [0.717, 1.165) is 29.3 Å². The number of aromatic amines is 1. The molecule has 0 spiro atoms. The van der Waals surface area contributed by atoms with Crippen molar-refractivity contribution in [3.05, 3.63) is 29.6 Å². The van der Waals surface area contributed by atoms with Crippen molar-refractivity contribution in [2.24, 2.45) is 0 Å². The van der Waals surface area contributed by atoms with Gasteiger partial charge in [-0.15, -0.1) is 0 Å². The fraction of sp³-hybridized carbons (Fsp3) is 0.200. The first-order valence-corrected chi connectivity index (χ1v) is 4.27. The standard InChI is InChI=1S/C10H10N2O/c1-2-7-3-4-11-10-9(7)8(6-13)5-12-10/h3-6H,2H2,1H3,(H,11,12). The van der Waals surface area contributed by atoms with Crippen molar-refractivity contribution < 1.29 is 4.79 Å². The first-order chi connectivity index (χ1) is 6.36. The maximum atomic E-state index is 10.7. The van der Waals surface area contributed by atoms with Gasteiger partial charge in [0, 0.05) is 23.3 Å². The van der Waals surface area contributed by atoms with Crippen LogP contribution in [0.2, 0.25) is 0 Å². The molecule has 0 radical (unpaired) electrons. The molecule has 0 bridgehead atoms. The lowest BCUT2D eigenvalue weighted by Gasteiger charge is -1.98. The van der Waals surface area contributed by atoms with Crippen LogP contribution in [0.4, 0.5) is 0 Å². The number of carbonyl (C=O) groups excluding carboxylic acids is 1. The Hall–Kier alpha value is -1.64. The third-order valence-corrected chi connectivity index (χ3v) is 2.20. The van der Waals surface area contributed by atoms with E-state index >= 15 is 0 Å². The Labute approximate surface area is 75.8 Å². The number of hydrogen-bond donors (Lipinski definition) is 1. The summed E-state index contributed by atoms with van der Waals surface area (Å²) in [5.41, 5.74) is 2.65. The first kappa shape index (κ1) is 7.98. The fourth-order valence-corrected chi connectivity index (χ4v) is 1.54. The molecule has 13 heavy (non-hydrogen) atoms. The van der Waals surface area contributed by atoms with Gasteiger partial charge in [0.2, 0.25) is 0 Å². The van der Waals surface area contributed by atoms with Gasteiger partial charge in [-0.25, -0.2) is 4.98 Å². The molecule has 0 saturated carbocycles. The molecule has 0 fully saturated rings. The Morgan fingerprint density at radius 3 is 3.15 bits per heavy atom. The number of nitrogens with one attached hydrogen (secondary N) is 1. The van der Waals surface area contributed by atoms with E-state index in [9.17, 15) is 4.79 Å². The Morgan fingerprint density at radius 2 is 2.46 bits per heavy atom. The summed E-state index contributed by atoms with van der Waals surface area (Å²) in [6, 6.07) is 1.95. The summed E-state index contributed by atoms with van der Waals surface area (Å²) in [6.45, 7) is 2.07. The van der Waals surface area contributed by atoms with Crippen molar-refractivity contribution in [1.82, 2.24) is 9.97 Å². The molecule has 3 heteroatoms. The van der Waals surface area contributed by atoms with Crippen LogP contribution in [0.5, 0.6) is 0 Å². The van der Waals surface area contributed by atoms with E-state index < -0.39 is 0 Å². The van der Waals surface area contributed by atoms with E-state index in [-0.39, 0.29) is 0 Å². The van der Waals surface area contributed by atoms with Gasteiger partial charge in [0.15, 0.2) is 6.29 Å². The number of aromatic nitrogens is 2. The lowest BCUT2D eigenvalue weighted by molar-refractivity contribution is 0.112. The van der Waals surface area contributed by atoms with E-state index in [2.05, 4.69) is 16.9 Å². The molecular weight excluding hydrogens is 164 g/mol. The molecule has 0 amide bonds. The third-order valence-electron chi connectivity index (χ3n) is 2.20. The van der Waals surface area contributed by atoms with Gasteiger partial charge in [0.25, 0.3) is 0 Å². The van der Waals surface area contributed by atoms with Gasteiger partial charge in [-0.05, 0) is 18.1 Å². The second-order valence-corrected chi connectivity index (χ2v) is 2.91. The summed E-state index contributed by atoms with van der Waals surface area (Å²) in [4.78, 5) is 17.8. The van der Waals surface area contributed by atoms with Crippen molar-refractivity contribution in [2.45, 2.75) is 13.3 Å². The lowest BCUT2D eigenvalue weighted by atomic mass is 10.1. The second kappa shape index (κ2) is 3.01. The molecule has 2 rings (SSSR count). The highest BCUT2D eigenvalue weighted by molar-refractivity contribution is 5.97. The van der Waals surface area contributed by atoms with Gasteiger partial charge in [-0.2, -0.15) is 0 Å². The molecule has 0 aliphatic rings. The highest BCUT2D eigenvalue weighted by Gasteiger charge is 2.06. The molecule has 0 unspecified atom stereocenters. The minimum absolute atomic E-state index is 0.694. The molecule has 3 nitrogen and oxygen atoms in total. The minimum Gasteiger partial charge on any atom is -0.345 e. The normalized spacial score (nSPS) is 10.5. The lowest BCUT2D eigenvalue weighted by Crippen LogP contribution is -1.86. The first-order valence-electron chi connectivity index (χ1n) is 4.27. The van der Waals surface area contributed by atoms with Crippen molar-refractivity contribution in [2.75, 3.05) is 0 Å². The molecular formula is C10H10N2O. The molecule has 1 N–H and O–H groups in total. The van der Waals surface area contributed by atoms with Crippen LogP contribution >= 0.6 is 0 Å². The van der Waals surface area contributed by atoms with Crippen LogP contribution in [0, 0.1) is 0 Å². The monoisotopic (exact) mass is 174 g/mol. The molecule has 0 saturated heterocycles. The second-order valence-electron chi connectivity index (χ2n) is 2.91. The largest absolute Gasteiger partial charge is 0.345 e. The highest BCUT2D eigenvalue weighted by Crippen LogP contribution is 2.19. The molecule has 2 aromatic rings. The van der Waals surface area contributed by atoms with Crippen molar-refractivity contribution in [1.29, 1.82) is 0 Å². The van der Waals surface area contributed by atoms with Crippen LogP contribution in [-0.2, 0) is 6.42 Å². The number of nitrogens with zero attached hydrogens (tertiary/aromatic N) is 1. The van der Waals surface area contributed by atoms with E-state index in [1.807, 2.05) is 6.07 Å².